The van der Waals surface area contributed by atoms with Crippen LogP contribution in [0.2, 0.25) is 0 Å². The Balaban J connectivity index is 1.12. The van der Waals surface area contributed by atoms with Crippen molar-refractivity contribution in [3.63, 3.8) is 0 Å². The highest BCUT2D eigenvalue weighted by Gasteiger charge is 2.40. The van der Waals surface area contributed by atoms with Gasteiger partial charge in [0.2, 0.25) is 0 Å². The summed E-state index contributed by atoms with van der Waals surface area (Å²) in [7, 11) is 1.71. The van der Waals surface area contributed by atoms with E-state index in [0.29, 0.717) is 12.0 Å². The topological polar surface area (TPSA) is 96.9 Å². The molecule has 4 aromatic rings. The molecule has 2 aromatic heterocycles. The van der Waals surface area contributed by atoms with Crippen LogP contribution in [0.1, 0.15) is 40.7 Å². The third kappa shape index (κ3) is 5.04. The van der Waals surface area contributed by atoms with E-state index >= 15 is 0 Å². The first-order valence-electron chi connectivity index (χ1n) is 13.6. The minimum Gasteiger partial charge on any atom is -0.507 e. The summed E-state index contributed by atoms with van der Waals surface area (Å²) in [6.07, 6.45) is 7.59. The lowest BCUT2D eigenvalue weighted by Gasteiger charge is -2.40. The Labute approximate surface area is 228 Å². The molecule has 0 radical (unpaired) electrons. The van der Waals surface area contributed by atoms with Crippen LogP contribution in [-0.4, -0.2) is 58.8 Å². The van der Waals surface area contributed by atoms with Gasteiger partial charge >= 0.3 is 0 Å². The van der Waals surface area contributed by atoms with Crippen molar-refractivity contribution in [2.45, 2.75) is 32.4 Å². The van der Waals surface area contributed by atoms with Gasteiger partial charge in [0.05, 0.1) is 12.7 Å². The van der Waals surface area contributed by atoms with Crippen molar-refractivity contribution in [1.82, 2.24) is 14.5 Å². The number of carbonyl (C=O) groups excluding carboxylic acids is 1. The van der Waals surface area contributed by atoms with Gasteiger partial charge in [0, 0.05) is 56.2 Å². The summed E-state index contributed by atoms with van der Waals surface area (Å²) in [5.74, 6) is 0.173. The number of aromatic nitrogens is 2. The Morgan fingerprint density at radius 1 is 1.00 bits per heavy atom. The number of hydrogen-bond donors (Lipinski definition) is 2. The Hall–Kier alpha value is -4.04. The number of carbonyl (C=O) groups is 1. The third-order valence-electron chi connectivity index (χ3n) is 8.57. The molecule has 0 bridgehead atoms. The molecule has 2 fully saturated rings. The van der Waals surface area contributed by atoms with Crippen LogP contribution in [0.25, 0.3) is 11.0 Å². The number of pyridine rings is 1. The molecular weight excluding hydrogens is 490 g/mol. The van der Waals surface area contributed by atoms with Gasteiger partial charge in [0.25, 0.3) is 5.91 Å². The molecule has 0 saturated carbocycles. The number of primary amides is 1. The lowest BCUT2D eigenvalue weighted by atomic mass is 9.77. The highest BCUT2D eigenvalue weighted by Crippen LogP contribution is 2.42. The predicted molar refractivity (Wildman–Crippen MR) is 152 cm³/mol. The summed E-state index contributed by atoms with van der Waals surface area (Å²) in [5.41, 5.74) is 10.2. The van der Waals surface area contributed by atoms with Crippen LogP contribution in [0.3, 0.4) is 0 Å². The maximum absolute atomic E-state index is 11.4. The van der Waals surface area contributed by atoms with Crippen LogP contribution in [0.4, 0.5) is 5.69 Å². The molecule has 0 atom stereocenters. The molecule has 1 spiro atoms. The summed E-state index contributed by atoms with van der Waals surface area (Å²) in [6, 6.07) is 17.7. The highest BCUT2D eigenvalue weighted by atomic mass is 16.5. The van der Waals surface area contributed by atoms with E-state index in [-0.39, 0.29) is 11.3 Å². The van der Waals surface area contributed by atoms with Crippen LogP contribution >= 0.6 is 0 Å². The maximum atomic E-state index is 11.4. The number of anilines is 1. The molecule has 2 saturated heterocycles. The molecule has 0 aliphatic carbocycles. The van der Waals surface area contributed by atoms with Gasteiger partial charge in [0.15, 0.2) is 0 Å². The lowest BCUT2D eigenvalue weighted by molar-refractivity contribution is 0.0997. The molecule has 8 nitrogen and oxygen atoms in total. The number of nitrogens with two attached hydrogens (primary N) is 1. The van der Waals surface area contributed by atoms with Crippen molar-refractivity contribution < 1.29 is 14.6 Å². The van der Waals surface area contributed by atoms with Crippen molar-refractivity contribution in [2.24, 2.45) is 11.1 Å². The lowest BCUT2D eigenvalue weighted by Crippen LogP contribution is -2.41. The fourth-order valence-electron chi connectivity index (χ4n) is 6.34. The third-order valence-corrected chi connectivity index (χ3v) is 8.57. The summed E-state index contributed by atoms with van der Waals surface area (Å²) in [6.45, 7) is 5.95. The number of likely N-dealkylation sites (tertiary alicyclic amines) is 1. The average molecular weight is 526 g/mol. The summed E-state index contributed by atoms with van der Waals surface area (Å²) in [5, 5.41) is 11.3. The number of amides is 1. The van der Waals surface area contributed by atoms with E-state index in [4.69, 9.17) is 10.5 Å². The van der Waals surface area contributed by atoms with Gasteiger partial charge in [-0.1, -0.05) is 18.2 Å². The summed E-state index contributed by atoms with van der Waals surface area (Å²) in [4.78, 5) is 21.2. The second-order valence-electron chi connectivity index (χ2n) is 11.0. The summed E-state index contributed by atoms with van der Waals surface area (Å²) < 4.78 is 7.38. The van der Waals surface area contributed by atoms with E-state index in [9.17, 15) is 9.90 Å². The molecule has 2 aliphatic rings. The van der Waals surface area contributed by atoms with Crippen molar-refractivity contribution in [1.29, 1.82) is 0 Å². The van der Waals surface area contributed by atoms with Crippen LogP contribution in [-0.2, 0) is 13.1 Å². The van der Waals surface area contributed by atoms with Gasteiger partial charge in [0.1, 0.15) is 17.1 Å². The standard InChI is InChI=1S/C31H35N5O3/c1-39-24-5-2-22(3-6-24)19-34-15-10-31(21-34)11-16-35(17-12-31)27-8-13-33-30-25(27)9-14-36(30)20-23-4-7-26(29(32)38)28(37)18-23/h2-9,13-14,18,37H,10-12,15-17,19-21H2,1H3,(H2,32,38). The molecule has 39 heavy (non-hydrogen) atoms. The van der Waals surface area contributed by atoms with E-state index < -0.39 is 5.91 Å². The van der Waals surface area contributed by atoms with E-state index in [2.05, 4.69) is 43.6 Å². The molecule has 4 heterocycles. The van der Waals surface area contributed by atoms with Gasteiger partial charge in [-0.25, -0.2) is 4.98 Å². The SMILES string of the molecule is COc1ccc(CN2CCC3(CCN(c4ccnc5c4ccn5Cc4ccc(C(N)=O)c(O)c4)CC3)C2)cc1. The predicted octanol–water partition coefficient (Wildman–Crippen LogP) is 4.39. The van der Waals surface area contributed by atoms with Crippen LogP contribution in [0.5, 0.6) is 11.5 Å². The number of benzene rings is 2. The number of piperidine rings is 1. The Morgan fingerprint density at radius 3 is 2.46 bits per heavy atom. The molecular formula is C31H35N5O3. The fraction of sp³-hybridized carbons (Fsp3) is 0.355. The molecule has 1 amide bonds. The average Bonchev–Trinajstić information content (AvgIpc) is 3.53. The number of ether oxygens (including phenoxy) is 1. The molecule has 0 unspecified atom stereocenters. The van der Waals surface area contributed by atoms with Gasteiger partial charge in [-0.15, -0.1) is 0 Å². The number of hydrogen-bond acceptors (Lipinski definition) is 6. The summed E-state index contributed by atoms with van der Waals surface area (Å²) >= 11 is 0. The number of rotatable bonds is 7. The molecule has 202 valence electrons. The zero-order valence-electron chi connectivity index (χ0n) is 22.3. The quantitative estimate of drug-likeness (QED) is 0.372. The maximum Gasteiger partial charge on any atom is 0.252 e. The van der Waals surface area contributed by atoms with Crippen LogP contribution < -0.4 is 15.4 Å². The number of methoxy groups -OCH3 is 1. The van der Waals surface area contributed by atoms with Crippen LogP contribution in [0, 0.1) is 5.41 Å². The number of fused-ring (bicyclic) bond motifs is 1. The molecule has 6 rings (SSSR count). The molecule has 8 heteroatoms. The molecule has 2 aliphatic heterocycles. The Bertz CT molecular complexity index is 1490. The van der Waals surface area contributed by atoms with E-state index in [1.165, 1.54) is 30.5 Å². The first kappa shape index (κ1) is 25.2. The monoisotopic (exact) mass is 525 g/mol. The number of phenols is 1. The van der Waals surface area contributed by atoms with E-state index in [1.54, 1.807) is 19.2 Å². The van der Waals surface area contributed by atoms with Crippen molar-refractivity contribution in [2.75, 3.05) is 38.2 Å². The largest absolute Gasteiger partial charge is 0.507 e. The minimum absolute atomic E-state index is 0.0955. The first-order chi connectivity index (χ1) is 18.9. The molecule has 2 aromatic carbocycles. The Morgan fingerprint density at radius 2 is 1.74 bits per heavy atom. The highest BCUT2D eigenvalue weighted by molar-refractivity contribution is 5.95. The zero-order chi connectivity index (χ0) is 27.0. The molecule has 3 N–H and O–H groups in total. The number of nitrogens with zero attached hydrogens (tertiary/aromatic N) is 4. The van der Waals surface area contributed by atoms with Crippen LogP contribution in [0.15, 0.2) is 67.0 Å². The van der Waals surface area contributed by atoms with Gasteiger partial charge < -0.3 is 25.0 Å². The normalized spacial score (nSPS) is 17.2. The van der Waals surface area contributed by atoms with Crippen molar-refractivity contribution in [3.05, 3.63) is 83.7 Å². The first-order valence-corrected chi connectivity index (χ1v) is 13.6. The van der Waals surface area contributed by atoms with E-state index in [0.717, 1.165) is 55.1 Å². The Kier molecular flexibility index (Phi) is 6.64. The zero-order valence-corrected chi connectivity index (χ0v) is 22.3. The van der Waals surface area contributed by atoms with Gasteiger partial charge in [-0.05, 0) is 78.7 Å². The smallest absolute Gasteiger partial charge is 0.252 e. The van der Waals surface area contributed by atoms with Gasteiger partial charge in [-0.3, -0.25) is 9.69 Å². The second kappa shape index (κ2) is 10.3. The van der Waals surface area contributed by atoms with Crippen molar-refractivity contribution in [3.8, 4) is 11.5 Å². The number of aromatic hydroxyl groups is 1. The minimum atomic E-state index is -0.636. The van der Waals surface area contributed by atoms with E-state index in [1.807, 2.05) is 30.6 Å². The van der Waals surface area contributed by atoms with Crippen molar-refractivity contribution >= 4 is 22.6 Å². The second-order valence-corrected chi connectivity index (χ2v) is 11.0. The fourth-order valence-corrected chi connectivity index (χ4v) is 6.34. The van der Waals surface area contributed by atoms with Gasteiger partial charge in [-0.2, -0.15) is 0 Å².